The molecule has 0 amide bonds. The highest BCUT2D eigenvalue weighted by atomic mass is 35.5. The van der Waals surface area contributed by atoms with Gasteiger partial charge in [0.25, 0.3) is 0 Å². The first-order valence-corrected chi connectivity index (χ1v) is 7.43. The molecule has 0 unspecified atom stereocenters. The summed E-state index contributed by atoms with van der Waals surface area (Å²) in [5.41, 5.74) is 3.70. The molecule has 1 aromatic rings. The molecule has 1 saturated heterocycles. The molecule has 0 radical (unpaired) electrons. The number of rotatable bonds is 2. The van der Waals surface area contributed by atoms with Crippen molar-refractivity contribution in [2.24, 2.45) is 5.92 Å². The molecule has 1 N–H and O–H groups in total. The largest absolute Gasteiger partial charge is 0.317 e. The highest BCUT2D eigenvalue weighted by Crippen LogP contribution is 2.25. The van der Waals surface area contributed by atoms with Crippen molar-refractivity contribution < 1.29 is 4.39 Å². The third-order valence-electron chi connectivity index (χ3n) is 4.58. The van der Waals surface area contributed by atoms with Gasteiger partial charge in [-0.15, -0.1) is 12.4 Å². The van der Waals surface area contributed by atoms with Crippen LogP contribution in [0, 0.1) is 18.7 Å². The average Bonchev–Trinajstić information content (AvgIpc) is 2.40. The number of piperidine rings is 1. The second-order valence-corrected chi connectivity index (χ2v) is 6.04. The molecule has 4 heteroatoms. The fraction of sp³-hybridized carbons (Fsp3) is 0.625. The van der Waals surface area contributed by atoms with E-state index < -0.39 is 0 Å². The summed E-state index contributed by atoms with van der Waals surface area (Å²) in [7, 11) is 0. The lowest BCUT2D eigenvalue weighted by Gasteiger charge is -2.34. The van der Waals surface area contributed by atoms with Crippen LogP contribution in [0.2, 0.25) is 0 Å². The molecule has 1 aromatic carbocycles. The first kappa shape index (κ1) is 15.7. The van der Waals surface area contributed by atoms with Crippen LogP contribution < -0.4 is 5.32 Å². The van der Waals surface area contributed by atoms with Crippen molar-refractivity contribution in [3.8, 4) is 0 Å². The Balaban J connectivity index is 0.00000147. The van der Waals surface area contributed by atoms with Crippen LogP contribution in [0.4, 0.5) is 4.39 Å². The maximum atomic E-state index is 13.4. The summed E-state index contributed by atoms with van der Waals surface area (Å²) >= 11 is 0. The van der Waals surface area contributed by atoms with Crippen LogP contribution >= 0.6 is 12.4 Å². The molecular weight excluding hydrogens is 275 g/mol. The first-order valence-electron chi connectivity index (χ1n) is 7.43. The van der Waals surface area contributed by atoms with Gasteiger partial charge in [0.1, 0.15) is 5.82 Å². The molecule has 2 nitrogen and oxygen atoms in total. The number of hydrogen-bond acceptors (Lipinski definition) is 2. The molecule has 0 saturated carbocycles. The lowest BCUT2D eigenvalue weighted by molar-refractivity contribution is 0.191. The highest BCUT2D eigenvalue weighted by Gasteiger charge is 2.22. The number of hydrogen-bond donors (Lipinski definition) is 1. The Kier molecular flexibility index (Phi) is 5.42. The highest BCUT2D eigenvalue weighted by molar-refractivity contribution is 5.85. The second-order valence-electron chi connectivity index (χ2n) is 6.04. The number of nitrogens with zero attached hydrogens (tertiary/aromatic N) is 1. The van der Waals surface area contributed by atoms with E-state index in [-0.39, 0.29) is 18.2 Å². The zero-order valence-corrected chi connectivity index (χ0v) is 12.9. The van der Waals surface area contributed by atoms with Crippen LogP contribution in [0.15, 0.2) is 12.1 Å². The normalized spacial score (nSPS) is 20.3. The quantitative estimate of drug-likeness (QED) is 0.903. The van der Waals surface area contributed by atoms with Crippen molar-refractivity contribution in [2.45, 2.75) is 32.7 Å². The van der Waals surface area contributed by atoms with Crippen molar-refractivity contribution in [1.82, 2.24) is 10.2 Å². The van der Waals surface area contributed by atoms with Gasteiger partial charge < -0.3 is 5.32 Å². The van der Waals surface area contributed by atoms with Crippen LogP contribution in [0.5, 0.6) is 0 Å². The van der Waals surface area contributed by atoms with Gasteiger partial charge in [-0.3, -0.25) is 4.90 Å². The Labute approximate surface area is 127 Å². The second kappa shape index (κ2) is 6.88. The Morgan fingerprint density at radius 3 is 2.80 bits per heavy atom. The Hall–Kier alpha value is -0.640. The molecule has 2 aliphatic heterocycles. The lowest BCUT2D eigenvalue weighted by Crippen LogP contribution is -2.38. The molecule has 0 spiro atoms. The van der Waals surface area contributed by atoms with Crippen molar-refractivity contribution in [3.63, 3.8) is 0 Å². The van der Waals surface area contributed by atoms with Gasteiger partial charge in [-0.25, -0.2) is 4.39 Å². The van der Waals surface area contributed by atoms with Crippen molar-refractivity contribution >= 4 is 12.4 Å². The minimum absolute atomic E-state index is 0. The van der Waals surface area contributed by atoms with Gasteiger partial charge >= 0.3 is 0 Å². The summed E-state index contributed by atoms with van der Waals surface area (Å²) in [4.78, 5) is 2.56. The van der Waals surface area contributed by atoms with Crippen LogP contribution in [-0.4, -0.2) is 31.1 Å². The van der Waals surface area contributed by atoms with Gasteiger partial charge in [0.2, 0.25) is 0 Å². The molecule has 0 atom stereocenters. The van der Waals surface area contributed by atoms with Crippen molar-refractivity contribution in [1.29, 1.82) is 0 Å². The summed E-state index contributed by atoms with van der Waals surface area (Å²) in [5, 5.41) is 3.42. The third kappa shape index (κ3) is 3.51. The zero-order valence-electron chi connectivity index (χ0n) is 12.1. The average molecular weight is 299 g/mol. The topological polar surface area (TPSA) is 15.3 Å². The van der Waals surface area contributed by atoms with Crippen LogP contribution in [0.25, 0.3) is 0 Å². The first-order chi connectivity index (χ1) is 9.22. The number of halogens is 2. The van der Waals surface area contributed by atoms with Gasteiger partial charge in [-0.05, 0) is 74.0 Å². The number of aryl methyl sites for hydroxylation is 1. The maximum absolute atomic E-state index is 13.4. The molecule has 2 aliphatic rings. The molecule has 0 bridgehead atoms. The van der Waals surface area contributed by atoms with E-state index in [1.54, 1.807) is 12.1 Å². The number of fused-ring (bicyclic) bond motifs is 1. The molecule has 3 rings (SSSR count). The minimum Gasteiger partial charge on any atom is -0.317 e. The van der Waals surface area contributed by atoms with E-state index in [4.69, 9.17) is 0 Å². The van der Waals surface area contributed by atoms with Crippen molar-refractivity contribution in [3.05, 3.63) is 34.6 Å². The molecule has 0 aliphatic carbocycles. The SMILES string of the molecule is Cc1cc(F)cc2c1CN(CC1CCNCC1)CC2.Cl. The van der Waals surface area contributed by atoms with E-state index in [0.29, 0.717) is 0 Å². The fourth-order valence-corrected chi connectivity index (χ4v) is 3.46. The predicted molar refractivity (Wildman–Crippen MR) is 83.0 cm³/mol. The summed E-state index contributed by atoms with van der Waals surface area (Å²) in [6.07, 6.45) is 3.59. The van der Waals surface area contributed by atoms with E-state index in [0.717, 1.165) is 31.0 Å². The van der Waals surface area contributed by atoms with E-state index in [1.807, 2.05) is 6.92 Å². The molecular formula is C16H24ClFN2. The molecule has 112 valence electrons. The van der Waals surface area contributed by atoms with E-state index in [1.165, 1.54) is 43.6 Å². The monoisotopic (exact) mass is 298 g/mol. The molecule has 2 heterocycles. The summed E-state index contributed by atoms with van der Waals surface area (Å²) in [6.45, 7) is 7.66. The molecule has 0 aromatic heterocycles. The summed E-state index contributed by atoms with van der Waals surface area (Å²) < 4.78 is 13.4. The predicted octanol–water partition coefficient (Wildman–Crippen LogP) is 2.91. The Bertz CT molecular complexity index is 458. The Morgan fingerprint density at radius 1 is 1.30 bits per heavy atom. The summed E-state index contributed by atoms with van der Waals surface area (Å²) in [5.74, 6) is 0.756. The third-order valence-corrected chi connectivity index (χ3v) is 4.58. The van der Waals surface area contributed by atoms with Crippen LogP contribution in [-0.2, 0) is 13.0 Å². The number of benzene rings is 1. The van der Waals surface area contributed by atoms with Gasteiger partial charge in [-0.1, -0.05) is 0 Å². The molecule has 20 heavy (non-hydrogen) atoms. The van der Waals surface area contributed by atoms with Gasteiger partial charge in [0.15, 0.2) is 0 Å². The van der Waals surface area contributed by atoms with Gasteiger partial charge in [0, 0.05) is 19.6 Å². The van der Waals surface area contributed by atoms with E-state index in [2.05, 4.69) is 10.2 Å². The van der Waals surface area contributed by atoms with Crippen LogP contribution in [0.1, 0.15) is 29.5 Å². The smallest absolute Gasteiger partial charge is 0.123 e. The van der Waals surface area contributed by atoms with Crippen LogP contribution in [0.3, 0.4) is 0 Å². The summed E-state index contributed by atoms with van der Waals surface area (Å²) in [6, 6.07) is 3.40. The Morgan fingerprint density at radius 2 is 2.05 bits per heavy atom. The van der Waals surface area contributed by atoms with E-state index in [9.17, 15) is 4.39 Å². The van der Waals surface area contributed by atoms with Gasteiger partial charge in [-0.2, -0.15) is 0 Å². The number of nitrogens with one attached hydrogen (secondary N) is 1. The fourth-order valence-electron chi connectivity index (χ4n) is 3.46. The van der Waals surface area contributed by atoms with Crippen molar-refractivity contribution in [2.75, 3.05) is 26.2 Å². The van der Waals surface area contributed by atoms with E-state index >= 15 is 0 Å². The molecule has 1 fully saturated rings. The minimum atomic E-state index is -0.0805. The lowest BCUT2D eigenvalue weighted by atomic mass is 9.92. The zero-order chi connectivity index (χ0) is 13.2. The van der Waals surface area contributed by atoms with Gasteiger partial charge in [0.05, 0.1) is 0 Å². The standard InChI is InChI=1S/C16H23FN2.ClH/c1-12-8-15(17)9-14-4-7-19(11-16(12)14)10-13-2-5-18-6-3-13;/h8-9,13,18H,2-7,10-11H2,1H3;1H. The maximum Gasteiger partial charge on any atom is 0.123 e.